The molecule has 0 bridgehead atoms. The average molecular weight is 411 g/mol. The maximum absolute atomic E-state index is 12.7. The molecular formula is C22H35BrO2. The zero-order valence-electron chi connectivity index (χ0n) is 16.1. The summed E-state index contributed by atoms with van der Waals surface area (Å²) < 4.78 is 0. The summed E-state index contributed by atoms with van der Waals surface area (Å²) in [6, 6.07) is 0. The molecular weight excluding hydrogens is 376 g/mol. The van der Waals surface area contributed by atoms with Crippen molar-refractivity contribution in [2.24, 2.45) is 46.8 Å². The van der Waals surface area contributed by atoms with E-state index in [1.807, 2.05) is 6.92 Å². The number of Topliss-reactive ketones (excluding diaryl/α,β-unsaturated/α-hetero) is 1. The van der Waals surface area contributed by atoms with Gasteiger partial charge in [-0.25, -0.2) is 0 Å². The van der Waals surface area contributed by atoms with Gasteiger partial charge in [-0.15, -0.1) is 0 Å². The smallest absolute Gasteiger partial charge is 0.147 e. The summed E-state index contributed by atoms with van der Waals surface area (Å²) in [5, 5.41) is 11.0. The predicted molar refractivity (Wildman–Crippen MR) is 105 cm³/mol. The molecule has 1 N–H and O–H groups in total. The van der Waals surface area contributed by atoms with Crippen LogP contribution in [0.25, 0.3) is 0 Å². The van der Waals surface area contributed by atoms with E-state index < -0.39 is 5.60 Å². The van der Waals surface area contributed by atoms with Crippen LogP contribution >= 0.6 is 15.9 Å². The number of halogens is 1. The third-order valence-electron chi connectivity index (χ3n) is 9.06. The first kappa shape index (κ1) is 18.5. The van der Waals surface area contributed by atoms with Crippen LogP contribution in [0.2, 0.25) is 0 Å². The standard InChI is InChI=1S/C22H35BrO2/c1-13-10-18-17-5-4-14-11-21(2,25)8-6-15(14)16(17)7-9-22(18,3)20(13)19(24)12-23/h13-18,20,25H,4-12H2,1-3H3/t13-,14+,15-,16+,17+,18-,20+,21+,22-/m0/s1. The van der Waals surface area contributed by atoms with Gasteiger partial charge in [0.1, 0.15) is 5.78 Å². The quantitative estimate of drug-likeness (QED) is 0.633. The Kier molecular flexibility index (Phi) is 4.68. The molecule has 0 heterocycles. The van der Waals surface area contributed by atoms with E-state index in [9.17, 15) is 9.90 Å². The van der Waals surface area contributed by atoms with Crippen LogP contribution in [0.15, 0.2) is 0 Å². The molecule has 9 atom stereocenters. The largest absolute Gasteiger partial charge is 0.390 e. The first-order valence-electron chi connectivity index (χ1n) is 10.6. The Bertz CT molecular complexity index is 544. The topological polar surface area (TPSA) is 37.3 Å². The molecule has 0 saturated heterocycles. The number of alkyl halides is 1. The van der Waals surface area contributed by atoms with Crippen LogP contribution in [0.3, 0.4) is 0 Å². The molecule has 4 fully saturated rings. The molecule has 2 nitrogen and oxygen atoms in total. The van der Waals surface area contributed by atoms with Crippen molar-refractivity contribution in [1.29, 1.82) is 0 Å². The maximum Gasteiger partial charge on any atom is 0.147 e. The molecule has 0 radical (unpaired) electrons. The molecule has 4 rings (SSSR count). The molecule has 142 valence electrons. The SMILES string of the molecule is C[C@H]1C[C@H]2[C@@H]3CC[C@@H]4C[C@](C)(O)CC[C@@H]4[C@H]3CC[C@]2(C)[C@H]1C(=O)CBr. The molecule has 0 unspecified atom stereocenters. The zero-order valence-corrected chi connectivity index (χ0v) is 17.7. The highest BCUT2D eigenvalue weighted by molar-refractivity contribution is 9.09. The molecule has 0 spiro atoms. The van der Waals surface area contributed by atoms with Gasteiger partial charge in [0.15, 0.2) is 0 Å². The van der Waals surface area contributed by atoms with Gasteiger partial charge in [-0.3, -0.25) is 4.79 Å². The molecule has 0 amide bonds. The second-order valence-electron chi connectivity index (χ2n) is 10.5. The second kappa shape index (κ2) is 6.33. The minimum absolute atomic E-state index is 0.235. The van der Waals surface area contributed by atoms with Gasteiger partial charge in [0.2, 0.25) is 0 Å². The second-order valence-corrected chi connectivity index (χ2v) is 11.1. The molecule has 0 aromatic heterocycles. The normalized spacial score (nSPS) is 55.2. The van der Waals surface area contributed by atoms with Gasteiger partial charge in [-0.2, -0.15) is 0 Å². The molecule has 3 heteroatoms. The van der Waals surface area contributed by atoms with E-state index >= 15 is 0 Å². The minimum atomic E-state index is -0.424. The van der Waals surface area contributed by atoms with Gasteiger partial charge in [0.05, 0.1) is 10.9 Å². The van der Waals surface area contributed by atoms with Crippen LogP contribution in [0.1, 0.15) is 72.1 Å². The van der Waals surface area contributed by atoms with Crippen LogP contribution in [-0.2, 0) is 4.79 Å². The lowest BCUT2D eigenvalue weighted by molar-refractivity contribution is -0.130. The van der Waals surface area contributed by atoms with Crippen molar-refractivity contribution in [3.63, 3.8) is 0 Å². The molecule has 0 aromatic carbocycles. The van der Waals surface area contributed by atoms with Gasteiger partial charge in [-0.05, 0) is 99.2 Å². The van der Waals surface area contributed by atoms with E-state index in [0.717, 1.165) is 42.4 Å². The van der Waals surface area contributed by atoms with Gasteiger partial charge in [-0.1, -0.05) is 29.8 Å². The van der Waals surface area contributed by atoms with E-state index in [-0.39, 0.29) is 11.3 Å². The van der Waals surface area contributed by atoms with Gasteiger partial charge < -0.3 is 5.11 Å². The number of hydrogen-bond donors (Lipinski definition) is 1. The Balaban J connectivity index is 1.57. The number of carbonyl (C=O) groups is 1. The molecule has 0 aromatic rings. The van der Waals surface area contributed by atoms with Gasteiger partial charge >= 0.3 is 0 Å². The highest BCUT2D eigenvalue weighted by Gasteiger charge is 2.60. The Morgan fingerprint density at radius 2 is 1.80 bits per heavy atom. The van der Waals surface area contributed by atoms with Gasteiger partial charge in [0, 0.05) is 5.92 Å². The van der Waals surface area contributed by atoms with Crippen molar-refractivity contribution in [2.75, 3.05) is 5.33 Å². The fraction of sp³-hybridized carbons (Fsp3) is 0.955. The zero-order chi connectivity index (χ0) is 18.0. The molecule has 25 heavy (non-hydrogen) atoms. The Labute approximate surface area is 161 Å². The van der Waals surface area contributed by atoms with Gasteiger partial charge in [0.25, 0.3) is 0 Å². The number of rotatable bonds is 2. The van der Waals surface area contributed by atoms with Crippen molar-refractivity contribution < 1.29 is 9.90 Å². The number of fused-ring (bicyclic) bond motifs is 5. The Morgan fingerprint density at radius 3 is 2.52 bits per heavy atom. The van der Waals surface area contributed by atoms with Crippen LogP contribution in [0.5, 0.6) is 0 Å². The number of ketones is 1. The summed E-state index contributed by atoms with van der Waals surface area (Å²) in [5.74, 6) is 5.27. The van der Waals surface area contributed by atoms with Crippen molar-refractivity contribution in [2.45, 2.75) is 77.7 Å². The lowest BCUT2D eigenvalue weighted by Gasteiger charge is -2.56. The Morgan fingerprint density at radius 1 is 1.08 bits per heavy atom. The molecule has 4 saturated carbocycles. The summed E-state index contributed by atoms with van der Waals surface area (Å²) in [5.41, 5.74) is -0.190. The van der Waals surface area contributed by atoms with E-state index in [1.54, 1.807) is 0 Å². The third-order valence-corrected chi connectivity index (χ3v) is 9.61. The summed E-state index contributed by atoms with van der Waals surface area (Å²) in [6.45, 7) is 6.82. The van der Waals surface area contributed by atoms with E-state index in [4.69, 9.17) is 0 Å². The first-order valence-corrected chi connectivity index (χ1v) is 11.7. The molecule has 4 aliphatic rings. The lowest BCUT2D eigenvalue weighted by atomic mass is 9.49. The minimum Gasteiger partial charge on any atom is -0.390 e. The highest BCUT2D eigenvalue weighted by Crippen LogP contribution is 2.65. The maximum atomic E-state index is 12.7. The summed E-state index contributed by atoms with van der Waals surface area (Å²) in [6.07, 6.45) is 9.69. The fourth-order valence-electron chi connectivity index (χ4n) is 8.21. The Hall–Kier alpha value is 0.110. The van der Waals surface area contributed by atoms with Crippen molar-refractivity contribution in [1.82, 2.24) is 0 Å². The highest BCUT2D eigenvalue weighted by atomic mass is 79.9. The average Bonchev–Trinajstić information content (AvgIpc) is 2.83. The summed E-state index contributed by atoms with van der Waals surface area (Å²) in [4.78, 5) is 12.7. The number of hydrogen-bond acceptors (Lipinski definition) is 2. The predicted octanol–water partition coefficient (Wildman–Crippen LogP) is 5.22. The third kappa shape index (κ3) is 2.87. The fourth-order valence-corrected chi connectivity index (χ4v) is 8.56. The first-order chi connectivity index (χ1) is 11.8. The molecule has 0 aliphatic heterocycles. The van der Waals surface area contributed by atoms with Crippen molar-refractivity contribution in [3.05, 3.63) is 0 Å². The number of aliphatic hydroxyl groups is 1. The van der Waals surface area contributed by atoms with E-state index in [2.05, 4.69) is 29.8 Å². The van der Waals surface area contributed by atoms with Crippen molar-refractivity contribution in [3.8, 4) is 0 Å². The van der Waals surface area contributed by atoms with Crippen LogP contribution < -0.4 is 0 Å². The summed E-state index contributed by atoms with van der Waals surface area (Å²) >= 11 is 3.44. The van der Waals surface area contributed by atoms with Crippen LogP contribution in [-0.4, -0.2) is 21.8 Å². The van der Waals surface area contributed by atoms with E-state index in [1.165, 1.54) is 38.5 Å². The number of carbonyl (C=O) groups excluding carboxylic acids is 1. The van der Waals surface area contributed by atoms with Crippen molar-refractivity contribution >= 4 is 21.7 Å². The monoisotopic (exact) mass is 410 g/mol. The summed E-state index contributed by atoms with van der Waals surface area (Å²) in [7, 11) is 0. The van der Waals surface area contributed by atoms with Crippen LogP contribution in [0.4, 0.5) is 0 Å². The van der Waals surface area contributed by atoms with Crippen LogP contribution in [0, 0.1) is 46.8 Å². The molecule has 4 aliphatic carbocycles. The van der Waals surface area contributed by atoms with E-state index in [0.29, 0.717) is 17.0 Å². The lowest BCUT2D eigenvalue weighted by Crippen LogP contribution is -2.51.